The molecule has 0 radical (unpaired) electrons. The Balaban J connectivity index is 2.57. The number of benzene rings is 1. The van der Waals surface area contributed by atoms with Crippen LogP contribution in [0.15, 0.2) is 24.3 Å². The van der Waals surface area contributed by atoms with E-state index in [-0.39, 0.29) is 12.1 Å². The highest BCUT2D eigenvalue weighted by atomic mass is 16.5. The number of hydrogen-bond donors (Lipinski definition) is 1. The van der Waals surface area contributed by atoms with Crippen LogP contribution in [0.4, 0.5) is 0 Å². The van der Waals surface area contributed by atoms with Crippen molar-refractivity contribution in [2.24, 2.45) is 5.73 Å². The molecule has 1 atom stereocenters. The van der Waals surface area contributed by atoms with E-state index in [1.807, 2.05) is 20.8 Å². The van der Waals surface area contributed by atoms with Crippen LogP contribution in [0.2, 0.25) is 0 Å². The van der Waals surface area contributed by atoms with Crippen LogP contribution in [-0.4, -0.2) is 12.1 Å². The first-order chi connectivity index (χ1) is 7.08. The smallest absolute Gasteiger partial charge is 0.0720 e. The topological polar surface area (TPSA) is 35.2 Å². The van der Waals surface area contributed by atoms with Gasteiger partial charge in [-0.15, -0.1) is 0 Å². The molecule has 1 aromatic rings. The van der Waals surface area contributed by atoms with Gasteiger partial charge in [0.15, 0.2) is 0 Å². The molecule has 1 unspecified atom stereocenters. The summed E-state index contributed by atoms with van der Waals surface area (Å²) < 4.78 is 5.56. The van der Waals surface area contributed by atoms with E-state index in [1.54, 1.807) is 0 Å². The molecule has 0 spiro atoms. The van der Waals surface area contributed by atoms with Crippen molar-refractivity contribution >= 4 is 0 Å². The average Bonchev–Trinajstić information content (AvgIpc) is 2.14. The molecule has 0 aliphatic rings. The molecule has 0 aliphatic heterocycles. The van der Waals surface area contributed by atoms with Crippen molar-refractivity contribution < 1.29 is 4.74 Å². The van der Waals surface area contributed by atoms with Crippen molar-refractivity contribution in [2.75, 3.05) is 0 Å². The lowest BCUT2D eigenvalue weighted by atomic mass is 10.1. The summed E-state index contributed by atoms with van der Waals surface area (Å²) in [4.78, 5) is 0. The van der Waals surface area contributed by atoms with Gasteiger partial charge in [0.2, 0.25) is 0 Å². The van der Waals surface area contributed by atoms with Crippen LogP contribution in [0, 0.1) is 0 Å². The van der Waals surface area contributed by atoms with Crippen molar-refractivity contribution in [3.05, 3.63) is 35.4 Å². The maximum atomic E-state index is 5.77. The van der Waals surface area contributed by atoms with Gasteiger partial charge >= 0.3 is 0 Å². The van der Waals surface area contributed by atoms with Crippen LogP contribution in [0.1, 0.15) is 31.9 Å². The van der Waals surface area contributed by atoms with Crippen LogP contribution >= 0.6 is 0 Å². The summed E-state index contributed by atoms with van der Waals surface area (Å²) in [6.45, 7) is 6.80. The van der Waals surface area contributed by atoms with Crippen LogP contribution in [0.5, 0.6) is 0 Å². The monoisotopic (exact) mass is 207 g/mol. The van der Waals surface area contributed by atoms with Crippen LogP contribution in [-0.2, 0) is 17.8 Å². The van der Waals surface area contributed by atoms with E-state index >= 15 is 0 Å². The molecular weight excluding hydrogens is 186 g/mol. The molecule has 2 nitrogen and oxygen atoms in total. The lowest BCUT2D eigenvalue weighted by Gasteiger charge is -2.10. The second-order valence-electron chi connectivity index (χ2n) is 4.36. The first-order valence-corrected chi connectivity index (χ1v) is 5.53. The largest absolute Gasteiger partial charge is 0.374 e. The molecule has 2 heteroatoms. The Labute approximate surface area is 92.4 Å². The third kappa shape index (κ3) is 4.96. The van der Waals surface area contributed by atoms with Gasteiger partial charge < -0.3 is 10.5 Å². The third-order valence-corrected chi connectivity index (χ3v) is 2.13. The molecular formula is C13H21NO. The Hall–Kier alpha value is -0.860. The molecule has 2 N–H and O–H groups in total. The van der Waals surface area contributed by atoms with E-state index < -0.39 is 0 Å². The fourth-order valence-corrected chi connectivity index (χ4v) is 1.48. The highest BCUT2D eigenvalue weighted by molar-refractivity contribution is 5.23. The lowest BCUT2D eigenvalue weighted by Crippen LogP contribution is -2.17. The van der Waals surface area contributed by atoms with Crippen LogP contribution in [0.3, 0.4) is 0 Å². The summed E-state index contributed by atoms with van der Waals surface area (Å²) in [5.41, 5.74) is 8.28. The number of nitrogens with two attached hydrogens (primary N) is 1. The predicted octanol–water partition coefficient (Wildman–Crippen LogP) is 2.50. The van der Waals surface area contributed by atoms with Gasteiger partial charge in [-0.1, -0.05) is 24.3 Å². The molecule has 0 bridgehead atoms. The van der Waals surface area contributed by atoms with Gasteiger partial charge in [0.05, 0.1) is 12.7 Å². The minimum atomic E-state index is 0.214. The minimum absolute atomic E-state index is 0.214. The molecule has 0 fully saturated rings. The Morgan fingerprint density at radius 2 is 1.87 bits per heavy atom. The number of rotatable bonds is 5. The van der Waals surface area contributed by atoms with Crippen LogP contribution in [0.25, 0.3) is 0 Å². The second-order valence-corrected chi connectivity index (χ2v) is 4.36. The van der Waals surface area contributed by atoms with E-state index in [0.29, 0.717) is 6.61 Å². The highest BCUT2D eigenvalue weighted by Crippen LogP contribution is 2.09. The predicted molar refractivity (Wildman–Crippen MR) is 63.7 cm³/mol. The summed E-state index contributed by atoms with van der Waals surface area (Å²) in [7, 11) is 0. The van der Waals surface area contributed by atoms with Gasteiger partial charge in [0.1, 0.15) is 0 Å². The van der Waals surface area contributed by atoms with Gasteiger partial charge in [-0.3, -0.25) is 0 Å². The van der Waals surface area contributed by atoms with Gasteiger partial charge in [-0.2, -0.15) is 0 Å². The standard InChI is InChI=1S/C13H21NO/c1-10(2)15-9-13-6-4-5-12(8-13)7-11(3)14/h4-6,8,10-11H,7,9,14H2,1-3H3. The summed E-state index contributed by atoms with van der Waals surface area (Å²) in [6, 6.07) is 8.66. The zero-order chi connectivity index (χ0) is 11.3. The summed E-state index contributed by atoms with van der Waals surface area (Å²) in [6.07, 6.45) is 1.21. The molecule has 0 saturated carbocycles. The molecule has 0 aliphatic carbocycles. The minimum Gasteiger partial charge on any atom is -0.374 e. The van der Waals surface area contributed by atoms with E-state index in [2.05, 4.69) is 24.3 Å². The first-order valence-electron chi connectivity index (χ1n) is 5.53. The number of ether oxygens (including phenoxy) is 1. The van der Waals surface area contributed by atoms with Crippen molar-refractivity contribution in [1.82, 2.24) is 0 Å². The quantitative estimate of drug-likeness (QED) is 0.805. The fraction of sp³-hybridized carbons (Fsp3) is 0.538. The number of hydrogen-bond acceptors (Lipinski definition) is 2. The summed E-state index contributed by atoms with van der Waals surface area (Å²) in [5, 5.41) is 0. The maximum Gasteiger partial charge on any atom is 0.0720 e. The summed E-state index contributed by atoms with van der Waals surface area (Å²) >= 11 is 0. The van der Waals surface area contributed by atoms with Gasteiger partial charge in [0, 0.05) is 6.04 Å². The second kappa shape index (κ2) is 5.89. The Morgan fingerprint density at radius 3 is 2.47 bits per heavy atom. The van der Waals surface area contributed by atoms with Crippen LogP contribution < -0.4 is 5.73 Å². The first kappa shape index (κ1) is 12.2. The lowest BCUT2D eigenvalue weighted by molar-refractivity contribution is 0.0657. The van der Waals surface area contributed by atoms with Crippen molar-refractivity contribution in [3.8, 4) is 0 Å². The van der Waals surface area contributed by atoms with Crippen molar-refractivity contribution in [3.63, 3.8) is 0 Å². The van der Waals surface area contributed by atoms with Gasteiger partial charge in [-0.05, 0) is 38.3 Å². The molecule has 0 aromatic heterocycles. The Kier molecular flexibility index (Phi) is 4.79. The van der Waals surface area contributed by atoms with E-state index in [4.69, 9.17) is 10.5 Å². The normalized spacial score (nSPS) is 13.1. The van der Waals surface area contributed by atoms with Gasteiger partial charge in [-0.25, -0.2) is 0 Å². The zero-order valence-electron chi connectivity index (χ0n) is 9.86. The Morgan fingerprint density at radius 1 is 1.20 bits per heavy atom. The summed E-state index contributed by atoms with van der Waals surface area (Å²) in [5.74, 6) is 0. The van der Waals surface area contributed by atoms with E-state index in [0.717, 1.165) is 6.42 Å². The molecule has 15 heavy (non-hydrogen) atoms. The maximum absolute atomic E-state index is 5.77. The van der Waals surface area contributed by atoms with Crippen molar-refractivity contribution in [1.29, 1.82) is 0 Å². The molecule has 0 amide bonds. The van der Waals surface area contributed by atoms with E-state index in [1.165, 1.54) is 11.1 Å². The molecule has 0 saturated heterocycles. The SMILES string of the molecule is CC(N)Cc1cccc(COC(C)C)c1. The molecule has 1 rings (SSSR count). The highest BCUT2D eigenvalue weighted by Gasteiger charge is 2.00. The van der Waals surface area contributed by atoms with E-state index in [9.17, 15) is 0 Å². The molecule has 84 valence electrons. The third-order valence-electron chi connectivity index (χ3n) is 2.13. The fourth-order valence-electron chi connectivity index (χ4n) is 1.48. The average molecular weight is 207 g/mol. The Bertz CT molecular complexity index is 294. The van der Waals surface area contributed by atoms with Crippen molar-refractivity contribution in [2.45, 2.75) is 45.9 Å². The zero-order valence-corrected chi connectivity index (χ0v) is 9.86. The molecule has 1 aromatic carbocycles. The molecule has 0 heterocycles. The van der Waals surface area contributed by atoms with Gasteiger partial charge in [0.25, 0.3) is 0 Å².